The van der Waals surface area contributed by atoms with Gasteiger partial charge in [-0.1, -0.05) is 66.8 Å². The van der Waals surface area contributed by atoms with Crippen LogP contribution in [0.1, 0.15) is 42.4 Å². The molecule has 4 aliphatic carbocycles. The summed E-state index contributed by atoms with van der Waals surface area (Å²) in [5, 5.41) is 4.06. The Labute approximate surface area is 205 Å². The van der Waals surface area contributed by atoms with Crippen molar-refractivity contribution in [1.29, 1.82) is 0 Å². The highest BCUT2D eigenvalue weighted by Crippen LogP contribution is 2.36. The number of rotatable bonds is 2. The van der Waals surface area contributed by atoms with Crippen LogP contribution in [-0.4, -0.2) is 4.57 Å². The molecule has 4 aliphatic rings. The number of fused-ring (bicyclic) bond motifs is 6. The van der Waals surface area contributed by atoms with Gasteiger partial charge in [0.05, 0.1) is 27.9 Å². The summed E-state index contributed by atoms with van der Waals surface area (Å²) in [6, 6.07) is 8.73. The first-order chi connectivity index (χ1) is 17.2. The molecule has 1 unspecified atom stereocenters. The third kappa shape index (κ3) is 3.04. The number of aromatic nitrogens is 1. The summed E-state index contributed by atoms with van der Waals surface area (Å²) < 4.78 is 2.45. The Morgan fingerprint density at radius 3 is 2.63 bits per heavy atom. The fourth-order valence-electron chi connectivity index (χ4n) is 6.24. The van der Waals surface area contributed by atoms with Gasteiger partial charge in [-0.2, -0.15) is 0 Å². The number of hydrogen-bond acceptors (Lipinski definition) is 2. The van der Waals surface area contributed by atoms with Crippen LogP contribution in [0.2, 0.25) is 0 Å². The molecule has 0 aliphatic heterocycles. The lowest BCUT2D eigenvalue weighted by atomic mass is 9.85. The number of nitrogens with zero attached hydrogens (tertiary/aromatic N) is 1. The smallest absolute Gasteiger partial charge is 0.0569 e. The number of aryl methyl sites for hydroxylation is 1. The molecule has 1 aromatic heterocycles. The highest BCUT2D eigenvalue weighted by Gasteiger charge is 2.25. The minimum atomic E-state index is 0.432. The molecule has 0 fully saturated rings. The first-order valence-electron chi connectivity index (χ1n) is 12.7. The average molecular weight is 456 g/mol. The lowest BCUT2D eigenvalue weighted by Gasteiger charge is -2.20. The van der Waals surface area contributed by atoms with Crippen molar-refractivity contribution in [1.82, 2.24) is 4.57 Å². The fourth-order valence-corrected chi connectivity index (χ4v) is 6.24. The first-order valence-corrected chi connectivity index (χ1v) is 12.7. The summed E-state index contributed by atoms with van der Waals surface area (Å²) in [7, 11) is 0. The highest BCUT2D eigenvalue weighted by molar-refractivity contribution is 5.95. The molecule has 35 heavy (non-hydrogen) atoms. The van der Waals surface area contributed by atoms with Crippen molar-refractivity contribution in [2.75, 3.05) is 11.5 Å². The van der Waals surface area contributed by atoms with Crippen molar-refractivity contribution in [3.63, 3.8) is 0 Å². The van der Waals surface area contributed by atoms with E-state index < -0.39 is 0 Å². The number of allylic oxidation sites excluding steroid dienone is 9. The van der Waals surface area contributed by atoms with Crippen molar-refractivity contribution >= 4 is 45.6 Å². The van der Waals surface area contributed by atoms with E-state index in [1.165, 1.54) is 43.7 Å². The van der Waals surface area contributed by atoms with Crippen LogP contribution in [0.15, 0.2) is 72.9 Å². The van der Waals surface area contributed by atoms with Gasteiger partial charge in [0, 0.05) is 22.1 Å². The van der Waals surface area contributed by atoms with Gasteiger partial charge in [-0.3, -0.25) is 0 Å². The number of nitrogens with two attached hydrogens (primary N) is 2. The van der Waals surface area contributed by atoms with Crippen molar-refractivity contribution in [3.05, 3.63) is 100 Å². The largest absolute Gasteiger partial charge is 0.397 e. The third-order valence-electron chi connectivity index (χ3n) is 7.91. The second kappa shape index (κ2) is 7.78. The van der Waals surface area contributed by atoms with Crippen LogP contribution in [-0.2, 0) is 6.42 Å². The maximum atomic E-state index is 6.44. The van der Waals surface area contributed by atoms with E-state index in [9.17, 15) is 0 Å². The molecule has 3 aromatic rings. The van der Waals surface area contributed by atoms with Gasteiger partial charge >= 0.3 is 0 Å². The molecule has 172 valence electrons. The molecule has 0 bridgehead atoms. The zero-order valence-electron chi connectivity index (χ0n) is 19.8. The molecule has 0 radical (unpaired) electrons. The Morgan fingerprint density at radius 2 is 1.74 bits per heavy atom. The van der Waals surface area contributed by atoms with E-state index in [4.69, 9.17) is 11.5 Å². The summed E-state index contributed by atoms with van der Waals surface area (Å²) in [5.41, 5.74) is 23.0. The van der Waals surface area contributed by atoms with Gasteiger partial charge in [-0.25, -0.2) is 0 Å². The quantitative estimate of drug-likeness (QED) is 0.497. The molecule has 4 N–H and O–H groups in total. The second-order valence-electron chi connectivity index (χ2n) is 9.95. The van der Waals surface area contributed by atoms with Crippen molar-refractivity contribution in [2.45, 2.75) is 32.1 Å². The van der Waals surface area contributed by atoms with E-state index in [2.05, 4.69) is 89.6 Å². The summed E-state index contributed by atoms with van der Waals surface area (Å²) in [6.07, 6.45) is 28.1. The lowest BCUT2D eigenvalue weighted by Crippen LogP contribution is -2.35. The minimum absolute atomic E-state index is 0.432. The molecule has 1 heterocycles. The molecule has 0 amide bonds. The van der Waals surface area contributed by atoms with Crippen LogP contribution in [0.3, 0.4) is 0 Å². The fraction of sp³-hybridized carbons (Fsp3) is 0.188. The van der Waals surface area contributed by atoms with Crippen LogP contribution >= 0.6 is 0 Å². The van der Waals surface area contributed by atoms with E-state index in [0.29, 0.717) is 17.3 Å². The molecule has 0 spiro atoms. The normalized spacial score (nSPS) is 19.8. The van der Waals surface area contributed by atoms with Gasteiger partial charge in [0.1, 0.15) is 0 Å². The second-order valence-corrected chi connectivity index (χ2v) is 9.95. The van der Waals surface area contributed by atoms with Crippen LogP contribution in [0.5, 0.6) is 0 Å². The summed E-state index contributed by atoms with van der Waals surface area (Å²) >= 11 is 0. The van der Waals surface area contributed by atoms with Crippen LogP contribution in [0.25, 0.3) is 39.9 Å². The minimum Gasteiger partial charge on any atom is -0.397 e. The maximum Gasteiger partial charge on any atom is 0.0569 e. The monoisotopic (exact) mass is 455 g/mol. The Hall–Kier alpha value is -3.98. The number of hydrogen-bond donors (Lipinski definition) is 2. The van der Waals surface area contributed by atoms with Crippen molar-refractivity contribution in [2.24, 2.45) is 5.92 Å². The zero-order chi connectivity index (χ0) is 23.5. The molecular weight excluding hydrogens is 426 g/mol. The highest BCUT2D eigenvalue weighted by atomic mass is 15.0. The van der Waals surface area contributed by atoms with E-state index in [-0.39, 0.29) is 0 Å². The Kier molecular flexibility index (Phi) is 4.53. The number of benzene rings is 2. The lowest BCUT2D eigenvalue weighted by molar-refractivity contribution is 0.853. The summed E-state index contributed by atoms with van der Waals surface area (Å²) in [6.45, 7) is 0. The van der Waals surface area contributed by atoms with Crippen LogP contribution in [0.4, 0.5) is 11.4 Å². The molecule has 0 saturated carbocycles. The van der Waals surface area contributed by atoms with Crippen LogP contribution < -0.4 is 22.0 Å². The predicted molar refractivity (Wildman–Crippen MR) is 149 cm³/mol. The van der Waals surface area contributed by atoms with Crippen molar-refractivity contribution < 1.29 is 0 Å². The van der Waals surface area contributed by atoms with E-state index in [1.54, 1.807) is 0 Å². The molecule has 0 saturated heterocycles. The van der Waals surface area contributed by atoms with E-state index in [1.807, 2.05) is 0 Å². The van der Waals surface area contributed by atoms with E-state index >= 15 is 0 Å². The number of nitrogen functional groups attached to an aromatic ring is 2. The zero-order valence-corrected chi connectivity index (χ0v) is 19.8. The summed E-state index contributed by atoms with van der Waals surface area (Å²) in [5.74, 6) is 0.432. The third-order valence-corrected chi connectivity index (χ3v) is 7.91. The average Bonchev–Trinajstić information content (AvgIpc) is 3.25. The van der Waals surface area contributed by atoms with Gasteiger partial charge in [0.15, 0.2) is 0 Å². The topological polar surface area (TPSA) is 57.0 Å². The van der Waals surface area contributed by atoms with Gasteiger partial charge in [0.25, 0.3) is 0 Å². The van der Waals surface area contributed by atoms with Gasteiger partial charge in [-0.05, 0) is 72.6 Å². The molecule has 2 aromatic carbocycles. The standard InChI is InChI=1S/C32H29N3/c33-26-18-25(20-8-2-1-3-9-20)30(19-27(26)34)35-28-16-14-21-10-4-6-12-23(21)31(28)32-24-13-7-5-11-22(24)15-17-29(32)35/h2,4-6,8-12,15-19,21H,1,3,7,13-14,33-34H2. The molecule has 1 atom stereocenters. The Bertz CT molecular complexity index is 1680. The molecule has 7 rings (SSSR count). The molecule has 3 nitrogen and oxygen atoms in total. The SMILES string of the molecule is Nc1cc(C2=CCCC=C2)c(-n2c3c(c4c5c(ccc42)C=CCC5)=C2C=CC=CC2CC=3)cc1N. The van der Waals surface area contributed by atoms with Crippen molar-refractivity contribution in [3.8, 4) is 5.69 Å². The van der Waals surface area contributed by atoms with Gasteiger partial charge in [-0.15, -0.1) is 0 Å². The maximum absolute atomic E-state index is 6.44. The molecular formula is C32H29N3. The summed E-state index contributed by atoms with van der Waals surface area (Å²) in [4.78, 5) is 0. The Balaban J connectivity index is 1.66. The molecule has 3 heteroatoms. The van der Waals surface area contributed by atoms with Gasteiger partial charge < -0.3 is 16.0 Å². The van der Waals surface area contributed by atoms with Crippen LogP contribution in [0, 0.1) is 5.92 Å². The first kappa shape index (κ1) is 20.4. The Morgan fingerprint density at radius 1 is 0.857 bits per heavy atom. The van der Waals surface area contributed by atoms with Gasteiger partial charge in [0.2, 0.25) is 0 Å². The predicted octanol–water partition coefficient (Wildman–Crippen LogP) is 5.56. The number of anilines is 2. The van der Waals surface area contributed by atoms with E-state index in [0.717, 1.165) is 43.4 Å².